The van der Waals surface area contributed by atoms with E-state index in [1.165, 1.54) is 13.0 Å². The van der Waals surface area contributed by atoms with Gasteiger partial charge in [0, 0.05) is 12.1 Å². The van der Waals surface area contributed by atoms with Crippen LogP contribution in [0.3, 0.4) is 0 Å². The van der Waals surface area contributed by atoms with Crippen LogP contribution >= 0.6 is 11.6 Å². The van der Waals surface area contributed by atoms with Crippen molar-refractivity contribution in [2.45, 2.75) is 25.6 Å². The molecule has 2 nitrogen and oxygen atoms in total. The molecule has 0 aliphatic heterocycles. The predicted octanol–water partition coefficient (Wildman–Crippen LogP) is 3.81. The van der Waals surface area contributed by atoms with Gasteiger partial charge in [0.05, 0.1) is 22.8 Å². The molecule has 3 N–H and O–H groups in total. The topological polar surface area (TPSA) is 38.0 Å². The molecule has 1 unspecified atom stereocenters. The highest BCUT2D eigenvalue weighted by atomic mass is 35.5. The Hall–Kier alpha value is -1.17. The predicted molar refractivity (Wildman–Crippen MR) is 59.6 cm³/mol. The maximum absolute atomic E-state index is 12.9. The lowest BCUT2D eigenvalue weighted by Gasteiger charge is -2.18. The smallest absolute Gasteiger partial charge is 0.391 e. The van der Waals surface area contributed by atoms with E-state index in [-0.39, 0.29) is 16.4 Å². The van der Waals surface area contributed by atoms with Gasteiger partial charge in [-0.2, -0.15) is 13.2 Å². The first kappa shape index (κ1) is 13.9. The molecule has 0 saturated heterocycles. The molecule has 0 aromatic heterocycles. The van der Waals surface area contributed by atoms with Crippen LogP contribution in [0.1, 0.15) is 13.3 Å². The van der Waals surface area contributed by atoms with Gasteiger partial charge < -0.3 is 11.1 Å². The summed E-state index contributed by atoms with van der Waals surface area (Å²) in [6.07, 6.45) is -5.29. The van der Waals surface area contributed by atoms with Crippen LogP contribution in [-0.4, -0.2) is 12.2 Å². The van der Waals surface area contributed by atoms with Gasteiger partial charge in [-0.15, -0.1) is 0 Å². The van der Waals surface area contributed by atoms with Gasteiger partial charge in [-0.25, -0.2) is 4.39 Å². The molecular formula is C10H11ClF4N2. The van der Waals surface area contributed by atoms with E-state index in [2.05, 4.69) is 5.32 Å². The Morgan fingerprint density at radius 2 is 2.00 bits per heavy atom. The number of hydrogen-bond donors (Lipinski definition) is 2. The van der Waals surface area contributed by atoms with Gasteiger partial charge >= 0.3 is 6.18 Å². The average Bonchev–Trinajstić information content (AvgIpc) is 2.11. The molecule has 0 saturated carbocycles. The van der Waals surface area contributed by atoms with E-state index >= 15 is 0 Å². The fourth-order valence-corrected chi connectivity index (χ4v) is 1.51. The minimum atomic E-state index is -4.27. The molecule has 17 heavy (non-hydrogen) atoms. The van der Waals surface area contributed by atoms with E-state index in [4.69, 9.17) is 17.3 Å². The second-order valence-corrected chi connectivity index (χ2v) is 4.13. The summed E-state index contributed by atoms with van der Waals surface area (Å²) in [5, 5.41) is 2.35. The van der Waals surface area contributed by atoms with Crippen molar-refractivity contribution in [2.24, 2.45) is 0 Å². The quantitative estimate of drug-likeness (QED) is 0.647. The van der Waals surface area contributed by atoms with Crippen molar-refractivity contribution in [3.05, 3.63) is 23.0 Å². The molecule has 1 atom stereocenters. The number of nitrogens with two attached hydrogens (primary N) is 1. The number of halogens is 5. The highest BCUT2D eigenvalue weighted by molar-refractivity contribution is 6.31. The minimum Gasteiger partial charge on any atom is -0.397 e. The standard InChI is InChI=1S/C10H11ClF4N2/c1-5(4-10(13,14)15)17-9-2-6(11)7(12)3-8(9)16/h2-3,5,17H,4,16H2,1H3. The van der Waals surface area contributed by atoms with Crippen molar-refractivity contribution in [3.8, 4) is 0 Å². The van der Waals surface area contributed by atoms with E-state index in [9.17, 15) is 17.6 Å². The molecule has 0 bridgehead atoms. The molecule has 0 heterocycles. The fraction of sp³-hybridized carbons (Fsp3) is 0.400. The maximum atomic E-state index is 12.9. The number of hydrogen-bond acceptors (Lipinski definition) is 2. The highest BCUT2D eigenvalue weighted by Gasteiger charge is 2.30. The molecule has 0 aliphatic carbocycles. The van der Waals surface area contributed by atoms with Gasteiger partial charge in [-0.3, -0.25) is 0 Å². The Kier molecular flexibility index (Phi) is 4.08. The summed E-state index contributed by atoms with van der Waals surface area (Å²) in [5.74, 6) is -0.710. The second kappa shape index (κ2) is 5.00. The number of anilines is 2. The number of nitrogen functional groups attached to an aromatic ring is 1. The van der Waals surface area contributed by atoms with Gasteiger partial charge in [0.15, 0.2) is 0 Å². The van der Waals surface area contributed by atoms with Crippen molar-refractivity contribution >= 4 is 23.0 Å². The molecule has 0 aliphatic rings. The van der Waals surface area contributed by atoms with Crippen molar-refractivity contribution in [2.75, 3.05) is 11.1 Å². The Morgan fingerprint density at radius 1 is 1.41 bits per heavy atom. The van der Waals surface area contributed by atoms with Crippen LogP contribution < -0.4 is 11.1 Å². The van der Waals surface area contributed by atoms with Crippen LogP contribution in [-0.2, 0) is 0 Å². The second-order valence-electron chi connectivity index (χ2n) is 3.72. The van der Waals surface area contributed by atoms with E-state index in [1.807, 2.05) is 0 Å². The molecule has 1 aromatic carbocycles. The lowest BCUT2D eigenvalue weighted by molar-refractivity contribution is -0.136. The van der Waals surface area contributed by atoms with Crippen molar-refractivity contribution in [1.82, 2.24) is 0 Å². The molecule has 1 aromatic rings. The number of alkyl halides is 3. The van der Waals surface area contributed by atoms with Gasteiger partial charge in [0.2, 0.25) is 0 Å². The monoisotopic (exact) mass is 270 g/mol. The van der Waals surface area contributed by atoms with Crippen LogP contribution in [0.2, 0.25) is 5.02 Å². The third kappa shape index (κ3) is 4.30. The number of rotatable bonds is 3. The lowest BCUT2D eigenvalue weighted by atomic mass is 10.2. The Labute approximate surface area is 101 Å². The van der Waals surface area contributed by atoms with Crippen LogP contribution in [0.15, 0.2) is 12.1 Å². The largest absolute Gasteiger partial charge is 0.397 e. The molecular weight excluding hydrogens is 260 g/mol. The number of nitrogens with one attached hydrogen (secondary N) is 1. The first-order valence-corrected chi connectivity index (χ1v) is 5.14. The van der Waals surface area contributed by atoms with Crippen molar-refractivity contribution < 1.29 is 17.6 Å². The Morgan fingerprint density at radius 3 is 2.53 bits per heavy atom. The van der Waals surface area contributed by atoms with Crippen LogP contribution in [0, 0.1) is 5.82 Å². The summed E-state index contributed by atoms with van der Waals surface area (Å²) in [7, 11) is 0. The highest BCUT2D eigenvalue weighted by Crippen LogP contribution is 2.29. The third-order valence-electron chi connectivity index (χ3n) is 2.03. The summed E-state index contributed by atoms with van der Waals surface area (Å²) < 4.78 is 49.2. The van der Waals surface area contributed by atoms with Gasteiger partial charge in [0.1, 0.15) is 5.82 Å². The Bertz CT molecular complexity index is 406. The maximum Gasteiger partial charge on any atom is 0.391 e. The van der Waals surface area contributed by atoms with Crippen molar-refractivity contribution in [3.63, 3.8) is 0 Å². The van der Waals surface area contributed by atoms with Crippen molar-refractivity contribution in [1.29, 1.82) is 0 Å². The summed E-state index contributed by atoms with van der Waals surface area (Å²) in [5.41, 5.74) is 5.66. The van der Waals surface area contributed by atoms with E-state index < -0.39 is 24.5 Å². The SMILES string of the molecule is CC(CC(F)(F)F)Nc1cc(Cl)c(F)cc1N. The molecule has 96 valence electrons. The Balaban J connectivity index is 2.78. The molecule has 1 rings (SSSR count). The molecule has 0 spiro atoms. The minimum absolute atomic E-state index is 0.0147. The summed E-state index contributed by atoms with van der Waals surface area (Å²) in [4.78, 5) is 0. The van der Waals surface area contributed by atoms with Crippen LogP contribution in [0.4, 0.5) is 28.9 Å². The van der Waals surface area contributed by atoms with Gasteiger partial charge in [0.25, 0.3) is 0 Å². The summed E-state index contributed by atoms with van der Waals surface area (Å²) in [6, 6.07) is 1.25. The van der Waals surface area contributed by atoms with Gasteiger partial charge in [-0.05, 0) is 13.0 Å². The normalized spacial score (nSPS) is 13.5. The lowest BCUT2D eigenvalue weighted by Crippen LogP contribution is -2.24. The molecule has 7 heteroatoms. The molecule has 0 radical (unpaired) electrons. The zero-order valence-corrected chi connectivity index (χ0v) is 9.66. The first-order chi connectivity index (χ1) is 7.69. The zero-order chi connectivity index (χ0) is 13.2. The van der Waals surface area contributed by atoms with E-state index in [1.54, 1.807) is 0 Å². The summed E-state index contributed by atoms with van der Waals surface area (Å²) in [6.45, 7) is 1.35. The molecule has 0 amide bonds. The van der Waals surface area contributed by atoms with E-state index in [0.29, 0.717) is 0 Å². The third-order valence-corrected chi connectivity index (χ3v) is 2.32. The average molecular weight is 271 g/mol. The first-order valence-electron chi connectivity index (χ1n) is 4.77. The fourth-order valence-electron chi connectivity index (χ4n) is 1.35. The summed E-state index contributed by atoms with van der Waals surface area (Å²) >= 11 is 5.51. The van der Waals surface area contributed by atoms with Gasteiger partial charge in [-0.1, -0.05) is 11.6 Å². The van der Waals surface area contributed by atoms with E-state index in [0.717, 1.165) is 6.07 Å². The number of benzene rings is 1. The zero-order valence-electron chi connectivity index (χ0n) is 8.91. The van der Waals surface area contributed by atoms with Crippen LogP contribution in [0.25, 0.3) is 0 Å². The van der Waals surface area contributed by atoms with Crippen LogP contribution in [0.5, 0.6) is 0 Å². The molecule has 0 fully saturated rings.